The van der Waals surface area contributed by atoms with Crippen molar-refractivity contribution in [3.8, 4) is 0 Å². The maximum Gasteiger partial charge on any atom is 0.224 e. The third kappa shape index (κ3) is 2.90. The lowest BCUT2D eigenvalue weighted by Crippen LogP contribution is -2.63. The van der Waals surface area contributed by atoms with Gasteiger partial charge in [0.05, 0.1) is 19.1 Å². The van der Waals surface area contributed by atoms with Gasteiger partial charge in [-0.2, -0.15) is 0 Å². The minimum atomic E-state index is 0.102. The molecule has 22 heavy (non-hydrogen) atoms. The van der Waals surface area contributed by atoms with Crippen LogP contribution in [0.4, 0.5) is 0 Å². The van der Waals surface area contributed by atoms with E-state index in [1.165, 1.54) is 11.1 Å². The van der Waals surface area contributed by atoms with Crippen molar-refractivity contribution in [3.05, 3.63) is 34.9 Å². The molecule has 4 heteroatoms. The van der Waals surface area contributed by atoms with E-state index >= 15 is 0 Å². The fourth-order valence-corrected chi connectivity index (χ4v) is 3.84. The predicted molar refractivity (Wildman–Crippen MR) is 84.8 cm³/mol. The number of methoxy groups -OCH3 is 1. The normalized spacial score (nSPS) is 29.8. The highest BCUT2D eigenvalue weighted by Crippen LogP contribution is 2.43. The molecule has 0 unspecified atom stereocenters. The first-order valence-corrected chi connectivity index (χ1v) is 8.06. The molecule has 1 saturated carbocycles. The SMILES string of the molecule is COC[C@@H]1[C@@H](NC(=O)Cc2cc(C)ccc2C)[C@@H]2CCO[C@H]12. The van der Waals surface area contributed by atoms with Crippen molar-refractivity contribution < 1.29 is 14.3 Å². The topological polar surface area (TPSA) is 47.6 Å². The lowest BCUT2D eigenvalue weighted by atomic mass is 9.67. The molecule has 1 saturated heterocycles. The van der Waals surface area contributed by atoms with Crippen LogP contribution in [0.15, 0.2) is 18.2 Å². The summed E-state index contributed by atoms with van der Waals surface area (Å²) >= 11 is 0. The van der Waals surface area contributed by atoms with Crippen LogP contribution in [0.2, 0.25) is 0 Å². The largest absolute Gasteiger partial charge is 0.384 e. The molecule has 1 aliphatic carbocycles. The third-order valence-corrected chi connectivity index (χ3v) is 5.07. The smallest absolute Gasteiger partial charge is 0.224 e. The maximum atomic E-state index is 12.4. The molecule has 1 aliphatic heterocycles. The summed E-state index contributed by atoms with van der Waals surface area (Å²) in [6.45, 7) is 5.57. The maximum absolute atomic E-state index is 12.4. The zero-order valence-corrected chi connectivity index (χ0v) is 13.6. The molecule has 1 aromatic rings. The summed E-state index contributed by atoms with van der Waals surface area (Å²) in [5.74, 6) is 0.855. The number of nitrogens with one attached hydrogen (secondary N) is 1. The average Bonchev–Trinajstić information content (AvgIpc) is 2.91. The molecule has 0 aromatic heterocycles. The van der Waals surface area contributed by atoms with Crippen LogP contribution in [0.1, 0.15) is 23.1 Å². The van der Waals surface area contributed by atoms with Gasteiger partial charge in [-0.3, -0.25) is 4.79 Å². The lowest BCUT2D eigenvalue weighted by molar-refractivity contribution is -0.129. The molecule has 3 rings (SSSR count). The Morgan fingerprint density at radius 2 is 2.23 bits per heavy atom. The van der Waals surface area contributed by atoms with Crippen molar-refractivity contribution in [2.45, 2.75) is 38.8 Å². The van der Waals surface area contributed by atoms with Crippen LogP contribution in [0, 0.1) is 25.7 Å². The highest BCUT2D eigenvalue weighted by atomic mass is 16.5. The Bertz CT molecular complexity index is 557. The second-order valence-corrected chi connectivity index (χ2v) is 6.61. The Labute approximate surface area is 132 Å². The minimum absolute atomic E-state index is 0.102. The first-order valence-electron chi connectivity index (χ1n) is 8.06. The number of amides is 1. The molecule has 0 spiro atoms. The number of carbonyl (C=O) groups excluding carboxylic acids is 1. The zero-order valence-electron chi connectivity index (χ0n) is 13.6. The molecule has 2 aliphatic rings. The number of carbonyl (C=O) groups is 1. The summed E-state index contributed by atoms with van der Waals surface area (Å²) in [5, 5.41) is 3.22. The molecule has 0 radical (unpaired) electrons. The van der Waals surface area contributed by atoms with Crippen LogP contribution >= 0.6 is 0 Å². The van der Waals surface area contributed by atoms with Gasteiger partial charge in [0.25, 0.3) is 0 Å². The molecule has 1 heterocycles. The van der Waals surface area contributed by atoms with Crippen molar-refractivity contribution in [2.75, 3.05) is 20.3 Å². The number of hydrogen-bond acceptors (Lipinski definition) is 3. The van der Waals surface area contributed by atoms with E-state index in [-0.39, 0.29) is 18.1 Å². The molecule has 1 N–H and O–H groups in total. The lowest BCUT2D eigenvalue weighted by Gasteiger charge is -2.47. The highest BCUT2D eigenvalue weighted by molar-refractivity contribution is 5.79. The molecule has 4 nitrogen and oxygen atoms in total. The van der Waals surface area contributed by atoms with E-state index in [1.54, 1.807) is 7.11 Å². The van der Waals surface area contributed by atoms with Gasteiger partial charge in [-0.1, -0.05) is 23.8 Å². The van der Waals surface area contributed by atoms with Crippen LogP contribution in [-0.4, -0.2) is 38.4 Å². The molecule has 120 valence electrons. The van der Waals surface area contributed by atoms with Gasteiger partial charge in [-0.15, -0.1) is 0 Å². The monoisotopic (exact) mass is 303 g/mol. The fourth-order valence-electron chi connectivity index (χ4n) is 3.84. The van der Waals surface area contributed by atoms with Crippen LogP contribution in [-0.2, 0) is 20.7 Å². The number of aryl methyl sites for hydroxylation is 2. The van der Waals surface area contributed by atoms with Crippen molar-refractivity contribution in [3.63, 3.8) is 0 Å². The van der Waals surface area contributed by atoms with E-state index in [2.05, 4.69) is 37.4 Å². The van der Waals surface area contributed by atoms with Gasteiger partial charge in [0, 0.05) is 31.6 Å². The van der Waals surface area contributed by atoms with Gasteiger partial charge >= 0.3 is 0 Å². The molecule has 2 fully saturated rings. The highest BCUT2D eigenvalue weighted by Gasteiger charge is 2.54. The quantitative estimate of drug-likeness (QED) is 0.905. The number of fused-ring (bicyclic) bond motifs is 1. The van der Waals surface area contributed by atoms with Gasteiger partial charge in [-0.25, -0.2) is 0 Å². The molecule has 0 bridgehead atoms. The summed E-state index contributed by atoms with van der Waals surface area (Å²) in [4.78, 5) is 12.4. The van der Waals surface area contributed by atoms with Gasteiger partial charge in [0.15, 0.2) is 0 Å². The average molecular weight is 303 g/mol. The minimum Gasteiger partial charge on any atom is -0.384 e. The van der Waals surface area contributed by atoms with Gasteiger partial charge in [-0.05, 0) is 31.4 Å². The number of rotatable bonds is 5. The van der Waals surface area contributed by atoms with Crippen molar-refractivity contribution in [2.24, 2.45) is 11.8 Å². The fraction of sp³-hybridized carbons (Fsp3) is 0.611. The number of benzene rings is 1. The molecule has 1 aromatic carbocycles. The van der Waals surface area contributed by atoms with Crippen LogP contribution in [0.25, 0.3) is 0 Å². The van der Waals surface area contributed by atoms with Crippen molar-refractivity contribution in [1.29, 1.82) is 0 Å². The summed E-state index contributed by atoms with van der Waals surface area (Å²) < 4.78 is 11.0. The molecular formula is C18H25NO3. The van der Waals surface area contributed by atoms with Crippen LogP contribution in [0.3, 0.4) is 0 Å². The van der Waals surface area contributed by atoms with E-state index < -0.39 is 0 Å². The van der Waals surface area contributed by atoms with E-state index in [0.29, 0.717) is 24.9 Å². The Morgan fingerprint density at radius 1 is 1.41 bits per heavy atom. The summed E-state index contributed by atoms with van der Waals surface area (Å²) in [6, 6.07) is 6.46. The standard InChI is InChI=1S/C18H25NO3/c1-11-4-5-12(2)13(8-11)9-16(20)19-17-14-6-7-22-18(14)15(17)10-21-3/h4-5,8,14-15,17-18H,6-7,9-10H2,1-3H3,(H,19,20)/t14-,15+,17-,18-/m0/s1. The van der Waals surface area contributed by atoms with E-state index in [9.17, 15) is 4.79 Å². The van der Waals surface area contributed by atoms with Crippen molar-refractivity contribution >= 4 is 5.91 Å². The first kappa shape index (κ1) is 15.5. The van der Waals surface area contributed by atoms with E-state index in [0.717, 1.165) is 18.6 Å². The summed E-state index contributed by atoms with van der Waals surface area (Å²) in [7, 11) is 1.71. The molecule has 4 atom stereocenters. The molecule has 1 amide bonds. The number of hydrogen-bond donors (Lipinski definition) is 1. The zero-order chi connectivity index (χ0) is 15.7. The Morgan fingerprint density at radius 3 is 3.00 bits per heavy atom. The first-order chi connectivity index (χ1) is 10.6. The van der Waals surface area contributed by atoms with E-state index in [1.807, 2.05) is 0 Å². The van der Waals surface area contributed by atoms with Crippen LogP contribution in [0.5, 0.6) is 0 Å². The van der Waals surface area contributed by atoms with Crippen molar-refractivity contribution in [1.82, 2.24) is 5.32 Å². The summed E-state index contributed by atoms with van der Waals surface area (Å²) in [6.07, 6.45) is 1.76. The van der Waals surface area contributed by atoms with Gasteiger partial charge in [0.1, 0.15) is 0 Å². The molecular weight excluding hydrogens is 278 g/mol. The number of ether oxygens (including phenoxy) is 2. The summed E-state index contributed by atoms with van der Waals surface area (Å²) in [5.41, 5.74) is 3.47. The Kier molecular flexibility index (Phi) is 4.50. The predicted octanol–water partition coefficient (Wildman–Crippen LogP) is 2.01. The second-order valence-electron chi connectivity index (χ2n) is 6.61. The van der Waals surface area contributed by atoms with Gasteiger partial charge < -0.3 is 14.8 Å². The second kappa shape index (κ2) is 6.39. The van der Waals surface area contributed by atoms with Crippen LogP contribution < -0.4 is 5.32 Å². The Hall–Kier alpha value is -1.39. The third-order valence-electron chi connectivity index (χ3n) is 5.07. The van der Waals surface area contributed by atoms with Gasteiger partial charge in [0.2, 0.25) is 5.91 Å². The van der Waals surface area contributed by atoms with E-state index in [4.69, 9.17) is 9.47 Å². The Balaban J connectivity index is 1.62.